The summed E-state index contributed by atoms with van der Waals surface area (Å²) in [5, 5.41) is 4.97. The molecule has 0 radical (unpaired) electrons. The normalized spacial score (nSPS) is 14.9. The fourth-order valence-corrected chi connectivity index (χ4v) is 3.98. The monoisotopic (exact) mass is 379 g/mol. The maximum atomic E-state index is 12.7. The van der Waals surface area contributed by atoms with Crippen molar-refractivity contribution < 1.29 is 9.59 Å². The van der Waals surface area contributed by atoms with E-state index in [0.29, 0.717) is 18.7 Å². The molecule has 138 valence electrons. The van der Waals surface area contributed by atoms with Crippen LogP contribution in [0.2, 0.25) is 0 Å². The van der Waals surface area contributed by atoms with Crippen molar-refractivity contribution in [3.05, 3.63) is 76.7 Å². The molecule has 1 aromatic carbocycles. The summed E-state index contributed by atoms with van der Waals surface area (Å²) < 4.78 is 2.01. The van der Waals surface area contributed by atoms with E-state index in [1.807, 2.05) is 75.8 Å². The summed E-state index contributed by atoms with van der Waals surface area (Å²) in [4.78, 5) is 27.5. The van der Waals surface area contributed by atoms with Gasteiger partial charge in [-0.2, -0.15) is 0 Å². The lowest BCUT2D eigenvalue weighted by Crippen LogP contribution is -2.46. The van der Waals surface area contributed by atoms with E-state index < -0.39 is 0 Å². The van der Waals surface area contributed by atoms with Crippen LogP contribution in [0.1, 0.15) is 32.9 Å². The Balaban J connectivity index is 1.32. The Hall–Kier alpha value is -2.86. The lowest BCUT2D eigenvalue weighted by atomic mass is 10.0. The Morgan fingerprint density at radius 3 is 2.30 bits per heavy atom. The smallest absolute Gasteiger partial charge is 0.261 e. The molecule has 2 aromatic heterocycles. The average molecular weight is 379 g/mol. The molecule has 1 fully saturated rings. The number of benzene rings is 1. The van der Waals surface area contributed by atoms with Crippen LogP contribution in [0, 0.1) is 0 Å². The molecule has 0 bridgehead atoms. The van der Waals surface area contributed by atoms with Crippen LogP contribution in [-0.2, 0) is 0 Å². The van der Waals surface area contributed by atoms with Crippen molar-refractivity contribution >= 4 is 23.2 Å². The van der Waals surface area contributed by atoms with Crippen LogP contribution in [0.15, 0.2) is 66.3 Å². The minimum atomic E-state index is -0.0182. The van der Waals surface area contributed by atoms with Gasteiger partial charge < -0.3 is 14.8 Å². The van der Waals surface area contributed by atoms with Gasteiger partial charge in [0.25, 0.3) is 11.8 Å². The van der Waals surface area contributed by atoms with Crippen LogP contribution < -0.4 is 5.32 Å². The van der Waals surface area contributed by atoms with E-state index in [9.17, 15) is 9.59 Å². The van der Waals surface area contributed by atoms with Gasteiger partial charge >= 0.3 is 0 Å². The zero-order chi connectivity index (χ0) is 18.6. The highest BCUT2D eigenvalue weighted by molar-refractivity contribution is 7.12. The van der Waals surface area contributed by atoms with E-state index in [-0.39, 0.29) is 17.9 Å². The Bertz CT molecular complexity index is 894. The van der Waals surface area contributed by atoms with Crippen molar-refractivity contribution in [1.82, 2.24) is 14.8 Å². The number of aromatic nitrogens is 1. The third-order valence-electron chi connectivity index (χ3n) is 4.88. The molecule has 1 N–H and O–H groups in total. The molecular formula is C21H21N3O2S. The first-order chi connectivity index (χ1) is 13.2. The lowest BCUT2D eigenvalue weighted by molar-refractivity contribution is 0.0698. The van der Waals surface area contributed by atoms with Gasteiger partial charge in [0.05, 0.1) is 4.88 Å². The quantitative estimate of drug-likeness (QED) is 0.753. The molecule has 0 aliphatic carbocycles. The van der Waals surface area contributed by atoms with Gasteiger partial charge in [0.2, 0.25) is 0 Å². The number of hydrogen-bond donors (Lipinski definition) is 1. The predicted octanol–water partition coefficient (Wildman–Crippen LogP) is 3.57. The molecule has 1 aliphatic heterocycles. The number of piperidine rings is 1. The van der Waals surface area contributed by atoms with Gasteiger partial charge in [-0.05, 0) is 60.7 Å². The number of nitrogens with one attached hydrogen (secondary N) is 1. The van der Waals surface area contributed by atoms with Crippen molar-refractivity contribution in [3.63, 3.8) is 0 Å². The number of likely N-dealkylation sites (tertiary alicyclic amines) is 1. The van der Waals surface area contributed by atoms with Crippen molar-refractivity contribution in [1.29, 1.82) is 0 Å². The van der Waals surface area contributed by atoms with Gasteiger partial charge in [-0.15, -0.1) is 11.3 Å². The Kier molecular flexibility index (Phi) is 5.07. The second-order valence-corrected chi connectivity index (χ2v) is 7.60. The van der Waals surface area contributed by atoms with Gasteiger partial charge in [-0.3, -0.25) is 9.59 Å². The van der Waals surface area contributed by atoms with Crippen LogP contribution in [0.3, 0.4) is 0 Å². The number of amides is 2. The van der Waals surface area contributed by atoms with Gasteiger partial charge in [0.15, 0.2) is 0 Å². The minimum Gasteiger partial charge on any atom is -0.348 e. The molecule has 2 amide bonds. The maximum absolute atomic E-state index is 12.7. The van der Waals surface area contributed by atoms with E-state index in [0.717, 1.165) is 23.4 Å². The molecule has 0 spiro atoms. The standard InChI is InChI=1S/C21H21N3O2S/c25-20(19-4-3-15-27-19)22-17-9-13-24(14-10-17)21(26)16-5-7-18(8-6-16)23-11-1-2-12-23/h1-8,11-12,15,17H,9-10,13-14H2,(H,22,25). The first kappa shape index (κ1) is 17.5. The zero-order valence-corrected chi connectivity index (χ0v) is 15.7. The van der Waals surface area contributed by atoms with Crippen LogP contribution in [0.4, 0.5) is 0 Å². The SMILES string of the molecule is O=C(NC1CCN(C(=O)c2ccc(-n3cccc3)cc2)CC1)c1cccs1. The molecule has 1 aliphatic rings. The molecule has 6 heteroatoms. The molecule has 5 nitrogen and oxygen atoms in total. The number of carbonyl (C=O) groups excluding carboxylic acids is 2. The third kappa shape index (κ3) is 3.95. The predicted molar refractivity (Wildman–Crippen MR) is 106 cm³/mol. The van der Waals surface area contributed by atoms with Gasteiger partial charge in [-0.25, -0.2) is 0 Å². The summed E-state index contributed by atoms with van der Waals surface area (Å²) in [6.45, 7) is 1.32. The summed E-state index contributed by atoms with van der Waals surface area (Å²) in [7, 11) is 0. The topological polar surface area (TPSA) is 54.3 Å². The summed E-state index contributed by atoms with van der Waals surface area (Å²) in [6.07, 6.45) is 5.52. The number of thiophene rings is 1. The summed E-state index contributed by atoms with van der Waals surface area (Å²) in [5.74, 6) is 0.0347. The highest BCUT2D eigenvalue weighted by Crippen LogP contribution is 2.17. The number of hydrogen-bond acceptors (Lipinski definition) is 3. The number of nitrogens with zero attached hydrogens (tertiary/aromatic N) is 2. The zero-order valence-electron chi connectivity index (χ0n) is 14.9. The largest absolute Gasteiger partial charge is 0.348 e. The summed E-state index contributed by atoms with van der Waals surface area (Å²) in [6, 6.07) is 15.5. The van der Waals surface area contributed by atoms with Crippen LogP contribution >= 0.6 is 11.3 Å². The Morgan fingerprint density at radius 2 is 1.67 bits per heavy atom. The van der Waals surface area contributed by atoms with Crippen molar-refractivity contribution in [2.45, 2.75) is 18.9 Å². The van der Waals surface area contributed by atoms with Crippen molar-refractivity contribution in [2.24, 2.45) is 0 Å². The molecular weight excluding hydrogens is 358 g/mol. The fourth-order valence-electron chi connectivity index (χ4n) is 3.36. The first-order valence-electron chi connectivity index (χ1n) is 9.08. The summed E-state index contributed by atoms with van der Waals surface area (Å²) >= 11 is 1.44. The second-order valence-electron chi connectivity index (χ2n) is 6.65. The molecule has 27 heavy (non-hydrogen) atoms. The van der Waals surface area contributed by atoms with E-state index in [1.165, 1.54) is 11.3 Å². The molecule has 0 atom stereocenters. The van der Waals surface area contributed by atoms with Crippen LogP contribution in [-0.4, -0.2) is 40.4 Å². The number of rotatable bonds is 4. The van der Waals surface area contributed by atoms with E-state index in [1.54, 1.807) is 0 Å². The lowest BCUT2D eigenvalue weighted by Gasteiger charge is -2.32. The number of carbonyl (C=O) groups is 2. The Labute approximate surface area is 162 Å². The van der Waals surface area contributed by atoms with E-state index in [2.05, 4.69) is 5.32 Å². The average Bonchev–Trinajstić information content (AvgIpc) is 3.42. The summed E-state index contributed by atoms with van der Waals surface area (Å²) in [5.41, 5.74) is 1.73. The van der Waals surface area contributed by atoms with Crippen LogP contribution in [0.25, 0.3) is 5.69 Å². The molecule has 3 heterocycles. The Morgan fingerprint density at radius 1 is 0.963 bits per heavy atom. The second kappa shape index (κ2) is 7.80. The van der Waals surface area contributed by atoms with Gasteiger partial charge in [0.1, 0.15) is 0 Å². The van der Waals surface area contributed by atoms with E-state index in [4.69, 9.17) is 0 Å². The first-order valence-corrected chi connectivity index (χ1v) is 9.96. The maximum Gasteiger partial charge on any atom is 0.261 e. The molecule has 0 saturated carbocycles. The molecule has 3 aromatic rings. The van der Waals surface area contributed by atoms with E-state index >= 15 is 0 Å². The minimum absolute atomic E-state index is 0.0182. The molecule has 1 saturated heterocycles. The molecule has 4 rings (SSSR count). The van der Waals surface area contributed by atoms with Crippen molar-refractivity contribution in [2.75, 3.05) is 13.1 Å². The highest BCUT2D eigenvalue weighted by Gasteiger charge is 2.25. The third-order valence-corrected chi connectivity index (χ3v) is 5.75. The van der Waals surface area contributed by atoms with Gasteiger partial charge in [-0.1, -0.05) is 6.07 Å². The highest BCUT2D eigenvalue weighted by atomic mass is 32.1. The van der Waals surface area contributed by atoms with Crippen molar-refractivity contribution in [3.8, 4) is 5.69 Å². The fraction of sp³-hybridized carbons (Fsp3) is 0.238. The van der Waals surface area contributed by atoms with Gasteiger partial charge in [0, 0.05) is 42.8 Å². The molecule has 0 unspecified atom stereocenters. The van der Waals surface area contributed by atoms with Crippen LogP contribution in [0.5, 0.6) is 0 Å².